The van der Waals surface area contributed by atoms with E-state index in [2.05, 4.69) is 21.2 Å². The molecule has 0 aliphatic heterocycles. The lowest BCUT2D eigenvalue weighted by Gasteiger charge is -2.14. The Morgan fingerprint density at radius 3 is 2.27 bits per heavy atom. The Kier molecular flexibility index (Phi) is 17.2. The number of benzene rings is 3. The summed E-state index contributed by atoms with van der Waals surface area (Å²) in [6, 6.07) is 22.3. The minimum atomic E-state index is -3.19. The van der Waals surface area contributed by atoms with Gasteiger partial charge in [0.2, 0.25) is 0 Å². The summed E-state index contributed by atoms with van der Waals surface area (Å²) in [5, 5.41) is 32.2. The molecule has 3 aromatic rings. The van der Waals surface area contributed by atoms with Crippen LogP contribution < -0.4 is 5.32 Å². The Morgan fingerprint density at radius 1 is 0.867 bits per heavy atom. The first-order valence-corrected chi connectivity index (χ1v) is 18.6. The van der Waals surface area contributed by atoms with Gasteiger partial charge in [-0.05, 0) is 99.0 Å². The van der Waals surface area contributed by atoms with Crippen molar-refractivity contribution in [3.05, 3.63) is 94.0 Å². The smallest absolute Gasteiger partial charge is 0.181 e. The van der Waals surface area contributed by atoms with E-state index in [9.17, 15) is 23.7 Å². The zero-order valence-electron chi connectivity index (χ0n) is 26.2. The fourth-order valence-electron chi connectivity index (χ4n) is 5.42. The summed E-state index contributed by atoms with van der Waals surface area (Å²) in [5.74, 6) is 0.0372. The van der Waals surface area contributed by atoms with Crippen molar-refractivity contribution in [2.24, 2.45) is 0 Å². The molecule has 0 radical (unpaired) electrons. The first-order valence-electron chi connectivity index (χ1n) is 16.2. The Morgan fingerprint density at radius 2 is 1.58 bits per heavy atom. The van der Waals surface area contributed by atoms with Gasteiger partial charge in [-0.15, -0.1) is 0 Å². The molecule has 0 unspecified atom stereocenters. The van der Waals surface area contributed by atoms with Gasteiger partial charge in [-0.25, -0.2) is 8.42 Å². The topological polar surface area (TPSA) is 116 Å². The molecule has 0 amide bonds. The minimum Gasteiger partial charge on any atom is -0.508 e. The Labute approximate surface area is 278 Å². The van der Waals surface area contributed by atoms with Crippen LogP contribution in [0.4, 0.5) is 0 Å². The number of nitrogens with one attached hydrogen (secondary N) is 1. The van der Waals surface area contributed by atoms with Gasteiger partial charge in [0.05, 0.1) is 22.9 Å². The molecule has 0 heterocycles. The third kappa shape index (κ3) is 13.5. The number of halogens is 1. The lowest BCUT2D eigenvalue weighted by atomic mass is 10.1. The first-order chi connectivity index (χ1) is 21.8. The molecule has 1 aliphatic carbocycles. The van der Waals surface area contributed by atoms with Crippen LogP contribution in [-0.2, 0) is 27.6 Å². The van der Waals surface area contributed by atoms with Gasteiger partial charge < -0.3 is 25.4 Å². The summed E-state index contributed by atoms with van der Waals surface area (Å²) >= 11 is 3.31. The van der Waals surface area contributed by atoms with Crippen LogP contribution in [0.25, 0.3) is 0 Å². The molecule has 1 fully saturated rings. The molecule has 3 aromatic carbocycles. The van der Waals surface area contributed by atoms with Crippen molar-refractivity contribution < 1.29 is 28.5 Å². The summed E-state index contributed by atoms with van der Waals surface area (Å²) in [5.41, 5.74) is 2.18. The molecule has 45 heavy (non-hydrogen) atoms. The molecule has 0 bridgehead atoms. The van der Waals surface area contributed by atoms with Crippen molar-refractivity contribution in [3.63, 3.8) is 0 Å². The molecule has 248 valence electrons. The summed E-state index contributed by atoms with van der Waals surface area (Å²) in [6.07, 6.45) is 10.0. The third-order valence-corrected chi connectivity index (χ3v) is 10.9. The quantitative estimate of drug-likeness (QED) is 0.103. The highest BCUT2D eigenvalue weighted by Gasteiger charge is 2.30. The van der Waals surface area contributed by atoms with Crippen molar-refractivity contribution in [1.82, 2.24) is 5.32 Å². The van der Waals surface area contributed by atoms with Crippen LogP contribution in [0.3, 0.4) is 0 Å². The minimum absolute atomic E-state index is 0.0372. The monoisotopic (exact) mass is 703 g/mol. The van der Waals surface area contributed by atoms with Crippen LogP contribution in [0.2, 0.25) is 0 Å². The van der Waals surface area contributed by atoms with Crippen molar-refractivity contribution in [1.29, 1.82) is 0 Å². The molecule has 1 atom stereocenters. The lowest BCUT2D eigenvalue weighted by Crippen LogP contribution is -2.22. The molecule has 4 N–H and O–H groups in total. The third-order valence-electron chi connectivity index (χ3n) is 8.09. The van der Waals surface area contributed by atoms with Crippen molar-refractivity contribution in [3.8, 4) is 5.75 Å². The summed E-state index contributed by atoms with van der Waals surface area (Å²) in [6.45, 7) is 2.49. The molecule has 7 nitrogen and oxygen atoms in total. The number of rotatable bonds is 18. The number of sulfone groups is 1. The maximum Gasteiger partial charge on any atom is 0.181 e. The van der Waals surface area contributed by atoms with Crippen LogP contribution in [0.1, 0.15) is 87.0 Å². The van der Waals surface area contributed by atoms with Gasteiger partial charge in [-0.1, -0.05) is 78.0 Å². The van der Waals surface area contributed by atoms with Crippen molar-refractivity contribution in [2.75, 3.05) is 26.3 Å². The van der Waals surface area contributed by atoms with Crippen LogP contribution in [-0.4, -0.2) is 55.3 Å². The zero-order valence-corrected chi connectivity index (χ0v) is 28.7. The van der Waals surface area contributed by atoms with E-state index in [1.54, 1.807) is 18.2 Å². The van der Waals surface area contributed by atoms with E-state index in [4.69, 9.17) is 4.74 Å². The second kappa shape index (κ2) is 20.8. The molecule has 9 heteroatoms. The van der Waals surface area contributed by atoms with Crippen molar-refractivity contribution >= 4 is 25.8 Å². The molecular formula is C36H50BrNO6S. The summed E-state index contributed by atoms with van der Waals surface area (Å²) in [7, 11) is -3.19. The second-order valence-corrected chi connectivity index (χ2v) is 14.8. The maximum atomic E-state index is 12.8. The molecule has 1 saturated carbocycles. The predicted molar refractivity (Wildman–Crippen MR) is 184 cm³/mol. The predicted octanol–water partition coefficient (Wildman–Crippen LogP) is 7.27. The highest BCUT2D eigenvalue weighted by atomic mass is 79.9. The van der Waals surface area contributed by atoms with E-state index in [0.717, 1.165) is 100 Å². The number of aliphatic hydroxyl groups excluding tert-OH is 2. The van der Waals surface area contributed by atoms with Crippen LogP contribution >= 0.6 is 15.9 Å². The van der Waals surface area contributed by atoms with Gasteiger partial charge in [0, 0.05) is 29.8 Å². The van der Waals surface area contributed by atoms with Crippen LogP contribution in [0.5, 0.6) is 5.75 Å². The maximum absolute atomic E-state index is 12.8. The number of hydrogen-bond acceptors (Lipinski definition) is 7. The lowest BCUT2D eigenvalue weighted by molar-refractivity contribution is 0.126. The van der Waals surface area contributed by atoms with Gasteiger partial charge in [-0.2, -0.15) is 0 Å². The van der Waals surface area contributed by atoms with E-state index in [0.29, 0.717) is 22.6 Å². The number of aliphatic hydroxyl groups is 2. The Bertz CT molecular complexity index is 1350. The van der Waals surface area contributed by atoms with E-state index in [-0.39, 0.29) is 17.6 Å². The fourth-order valence-corrected chi connectivity index (χ4v) is 7.65. The largest absolute Gasteiger partial charge is 0.508 e. The number of aryl methyl sites for hydroxylation is 1. The summed E-state index contributed by atoms with van der Waals surface area (Å²) < 4.78 is 32.6. The molecule has 0 saturated heterocycles. The first kappa shape index (κ1) is 37.2. The molecular weight excluding hydrogens is 654 g/mol. The second-order valence-electron chi connectivity index (χ2n) is 11.6. The van der Waals surface area contributed by atoms with E-state index in [1.807, 2.05) is 48.5 Å². The summed E-state index contributed by atoms with van der Waals surface area (Å²) in [4.78, 5) is 0.485. The van der Waals surface area contributed by atoms with Crippen LogP contribution in [0.15, 0.2) is 82.2 Å². The highest BCUT2D eigenvalue weighted by Crippen LogP contribution is 2.30. The Hall–Kier alpha value is -2.27. The van der Waals surface area contributed by atoms with Gasteiger partial charge in [-0.3, -0.25) is 0 Å². The molecule has 1 aliphatic rings. The number of phenols is 1. The normalized spacial score (nSPS) is 14.2. The highest BCUT2D eigenvalue weighted by molar-refractivity contribution is 9.10. The molecule has 4 rings (SSSR count). The zero-order chi connectivity index (χ0) is 32.3. The fraction of sp³-hybridized carbons (Fsp3) is 0.500. The number of ether oxygens (including phenoxy) is 1. The van der Waals surface area contributed by atoms with E-state index in [1.165, 1.54) is 6.07 Å². The number of unbranched alkanes of at least 4 members (excludes halogenated alkanes) is 4. The van der Waals surface area contributed by atoms with E-state index < -0.39 is 15.9 Å². The van der Waals surface area contributed by atoms with Crippen molar-refractivity contribution in [2.45, 2.75) is 93.5 Å². The average Bonchev–Trinajstić information content (AvgIpc) is 3.61. The van der Waals surface area contributed by atoms with Gasteiger partial charge in [0.25, 0.3) is 0 Å². The Balaban J connectivity index is 0.000000693. The number of aromatic hydroxyl groups is 1. The van der Waals surface area contributed by atoms with Gasteiger partial charge in [0.15, 0.2) is 9.84 Å². The van der Waals surface area contributed by atoms with E-state index >= 15 is 0 Å². The van der Waals surface area contributed by atoms with Crippen LogP contribution in [0, 0.1) is 0 Å². The number of hydrogen-bond donors (Lipinski definition) is 4. The molecule has 0 spiro atoms. The molecule has 0 aromatic heterocycles. The average molecular weight is 705 g/mol. The van der Waals surface area contributed by atoms with Gasteiger partial charge >= 0.3 is 0 Å². The standard InChI is InChI=1S/C30H45NO6S.C6H5Br/c32-23-26-21-25(15-16-29(26)33)30(34)22-31-17-6-1-2-7-18-37-19-8-5-10-24-11-9-14-28(20-24)38(35,36)27-12-3-4-13-27;7-6-4-2-1-3-5-6/h9,11,14-16,20-21,27,30-34H,1-8,10,12-13,17-19,22-23H2;1-5H/t30-;/m0./s1. The van der Waals surface area contributed by atoms with Gasteiger partial charge in [0.1, 0.15) is 5.75 Å². The SMILES string of the molecule is Brc1ccccc1.O=S(=O)(c1cccc(CCCCOCCCCCCNC[C@H](O)c2ccc(O)c(CO)c2)c1)C1CCCC1.